The van der Waals surface area contributed by atoms with Crippen molar-refractivity contribution in [1.82, 2.24) is 0 Å². The largest absolute Gasteiger partial charge is 0.316 e. The van der Waals surface area contributed by atoms with E-state index >= 15 is 0 Å². The van der Waals surface area contributed by atoms with Crippen molar-refractivity contribution in [3.63, 3.8) is 0 Å². The minimum absolute atomic E-state index is 0.147. The van der Waals surface area contributed by atoms with Crippen molar-refractivity contribution < 1.29 is 21.2 Å². The highest BCUT2D eigenvalue weighted by molar-refractivity contribution is 5.25. The minimum Gasteiger partial charge on any atom is -0.0622 e. The molecule has 0 aliphatic rings. The van der Waals surface area contributed by atoms with E-state index in [0.29, 0.717) is 0 Å². The summed E-state index contributed by atoms with van der Waals surface area (Å²) in [5, 5.41) is 0. The maximum atomic E-state index is 2.33. The molecule has 88 valence electrons. The van der Waals surface area contributed by atoms with E-state index in [9.17, 15) is 0 Å². The van der Waals surface area contributed by atoms with E-state index in [1.165, 1.54) is 11.1 Å². The van der Waals surface area contributed by atoms with Gasteiger partial charge in [-0.15, -0.1) is 0 Å². The summed E-state index contributed by atoms with van der Waals surface area (Å²) in [6, 6.07) is 19.7. The van der Waals surface area contributed by atoms with Crippen molar-refractivity contribution >= 4 is 0 Å². The van der Waals surface area contributed by atoms with Crippen LogP contribution in [-0.2, 0) is 6.42 Å². The molecule has 0 spiro atoms. The molecule has 0 amide bonds. The molecular weight excluding hydrogens is 319 g/mol. The summed E-state index contributed by atoms with van der Waals surface area (Å²) >= 11 is 0.147. The number of halogens is 1. The number of hydrogen-bond donors (Lipinski definition) is 0. The standard InChI is InChI=1S/C16H18I/c1-13(2)17-16-11-7-6-10-15(16)12-14-8-4-3-5-9-14/h3-11,13H,12H2,1-2H3/q+1. The maximum absolute atomic E-state index is 2.33. The Bertz CT molecular complexity index is 460. The van der Waals surface area contributed by atoms with Crippen molar-refractivity contribution in [3.8, 4) is 0 Å². The second kappa shape index (κ2) is 6.20. The molecule has 0 atom stereocenters. The molecule has 2 aromatic carbocycles. The van der Waals surface area contributed by atoms with Crippen molar-refractivity contribution in [1.29, 1.82) is 0 Å². The van der Waals surface area contributed by atoms with Gasteiger partial charge in [-0.05, 0) is 25.5 Å². The fourth-order valence-electron chi connectivity index (χ4n) is 1.80. The Morgan fingerprint density at radius 2 is 1.53 bits per heavy atom. The van der Waals surface area contributed by atoms with Crippen LogP contribution >= 0.6 is 0 Å². The van der Waals surface area contributed by atoms with Crippen LogP contribution in [-0.4, -0.2) is 3.92 Å². The summed E-state index contributed by atoms with van der Waals surface area (Å²) < 4.78 is 2.43. The summed E-state index contributed by atoms with van der Waals surface area (Å²) in [5.74, 6) is 0. The lowest BCUT2D eigenvalue weighted by Gasteiger charge is -2.02. The molecule has 0 saturated heterocycles. The first-order chi connectivity index (χ1) is 8.25. The quantitative estimate of drug-likeness (QED) is 0.576. The van der Waals surface area contributed by atoms with Gasteiger partial charge < -0.3 is 0 Å². The van der Waals surface area contributed by atoms with Crippen LogP contribution in [0.4, 0.5) is 0 Å². The Morgan fingerprint density at radius 1 is 0.882 bits per heavy atom. The summed E-state index contributed by atoms with van der Waals surface area (Å²) in [6.45, 7) is 4.65. The second-order valence-corrected chi connectivity index (χ2v) is 8.65. The number of rotatable bonds is 4. The van der Waals surface area contributed by atoms with E-state index in [-0.39, 0.29) is 21.2 Å². The molecule has 0 fully saturated rings. The molecule has 0 aromatic heterocycles. The van der Waals surface area contributed by atoms with Gasteiger partial charge in [0.05, 0.1) is 0 Å². The number of alkyl halides is 1. The third-order valence-electron chi connectivity index (χ3n) is 2.53. The van der Waals surface area contributed by atoms with Gasteiger partial charge in [-0.25, -0.2) is 0 Å². The fourth-order valence-corrected chi connectivity index (χ4v) is 4.33. The van der Waals surface area contributed by atoms with Gasteiger partial charge in [-0.3, -0.25) is 0 Å². The predicted molar refractivity (Wildman–Crippen MR) is 69.5 cm³/mol. The molecule has 0 radical (unpaired) electrons. The molecule has 0 unspecified atom stereocenters. The van der Waals surface area contributed by atoms with E-state index in [0.717, 1.165) is 10.3 Å². The SMILES string of the molecule is CC(C)[I+]c1ccccc1Cc1ccccc1. The summed E-state index contributed by atoms with van der Waals surface area (Å²) in [4.78, 5) is 0. The highest BCUT2D eigenvalue weighted by Gasteiger charge is 2.19. The van der Waals surface area contributed by atoms with Gasteiger partial charge in [0.15, 0.2) is 7.49 Å². The molecule has 0 aliphatic heterocycles. The molecule has 2 rings (SSSR count). The summed E-state index contributed by atoms with van der Waals surface area (Å²) in [6.07, 6.45) is 1.07. The van der Waals surface area contributed by atoms with E-state index in [1.807, 2.05) is 0 Å². The van der Waals surface area contributed by atoms with E-state index in [4.69, 9.17) is 0 Å². The van der Waals surface area contributed by atoms with E-state index in [2.05, 4.69) is 68.4 Å². The molecule has 0 bridgehead atoms. The van der Waals surface area contributed by atoms with Crippen LogP contribution in [0, 0.1) is 3.57 Å². The van der Waals surface area contributed by atoms with Gasteiger partial charge in [0.2, 0.25) is 0 Å². The van der Waals surface area contributed by atoms with Crippen LogP contribution in [0.2, 0.25) is 0 Å². The Kier molecular flexibility index (Phi) is 4.60. The molecule has 17 heavy (non-hydrogen) atoms. The third kappa shape index (κ3) is 3.84. The predicted octanol–water partition coefficient (Wildman–Crippen LogP) is 0.944. The van der Waals surface area contributed by atoms with Crippen molar-refractivity contribution in [2.24, 2.45) is 0 Å². The zero-order valence-corrected chi connectivity index (χ0v) is 12.5. The molecular formula is C16H18I+. The molecule has 0 heterocycles. The zero-order valence-electron chi connectivity index (χ0n) is 10.4. The Labute approximate surface area is 114 Å². The normalized spacial score (nSPS) is 10.8. The number of benzene rings is 2. The van der Waals surface area contributed by atoms with Gasteiger partial charge in [0.1, 0.15) is 0 Å². The van der Waals surface area contributed by atoms with E-state index in [1.54, 1.807) is 3.57 Å². The number of hydrogen-bond acceptors (Lipinski definition) is 0. The van der Waals surface area contributed by atoms with Crippen LogP contribution in [0.15, 0.2) is 54.6 Å². The van der Waals surface area contributed by atoms with Crippen LogP contribution in [0.3, 0.4) is 0 Å². The molecule has 0 N–H and O–H groups in total. The first kappa shape index (κ1) is 12.6. The molecule has 2 aromatic rings. The highest BCUT2D eigenvalue weighted by Crippen LogP contribution is 2.08. The van der Waals surface area contributed by atoms with Gasteiger partial charge in [0.25, 0.3) is 0 Å². The average molecular weight is 337 g/mol. The van der Waals surface area contributed by atoms with Gasteiger partial charge in [-0.2, -0.15) is 0 Å². The first-order valence-electron chi connectivity index (χ1n) is 6.01. The average Bonchev–Trinajstić information content (AvgIpc) is 2.32. The van der Waals surface area contributed by atoms with Crippen LogP contribution in [0.25, 0.3) is 0 Å². The third-order valence-corrected chi connectivity index (χ3v) is 5.50. The van der Waals surface area contributed by atoms with Crippen LogP contribution in [0.5, 0.6) is 0 Å². The van der Waals surface area contributed by atoms with Gasteiger partial charge in [-0.1, -0.05) is 48.5 Å². The minimum atomic E-state index is 0.147. The highest BCUT2D eigenvalue weighted by atomic mass is 127. The lowest BCUT2D eigenvalue weighted by molar-refractivity contribution is -0.656. The zero-order chi connectivity index (χ0) is 12.1. The second-order valence-electron chi connectivity index (χ2n) is 4.38. The molecule has 0 nitrogen and oxygen atoms in total. The smallest absolute Gasteiger partial charge is 0.0622 e. The van der Waals surface area contributed by atoms with Crippen molar-refractivity contribution in [2.45, 2.75) is 24.2 Å². The fraction of sp³-hybridized carbons (Fsp3) is 0.250. The summed E-state index contributed by atoms with van der Waals surface area (Å²) in [5.41, 5.74) is 2.92. The lowest BCUT2D eigenvalue weighted by atomic mass is 10.1. The van der Waals surface area contributed by atoms with Gasteiger partial charge >= 0.3 is 21.2 Å². The Morgan fingerprint density at radius 3 is 2.24 bits per heavy atom. The molecule has 0 saturated carbocycles. The van der Waals surface area contributed by atoms with Crippen LogP contribution in [0.1, 0.15) is 25.0 Å². The molecule has 0 aliphatic carbocycles. The topological polar surface area (TPSA) is 0 Å². The molecule has 1 heteroatoms. The van der Waals surface area contributed by atoms with Gasteiger partial charge in [0, 0.05) is 12.0 Å². The van der Waals surface area contributed by atoms with Crippen molar-refractivity contribution in [3.05, 3.63) is 69.3 Å². The maximum Gasteiger partial charge on any atom is 0.316 e. The Balaban J connectivity index is 2.20. The van der Waals surface area contributed by atoms with E-state index < -0.39 is 0 Å². The summed E-state index contributed by atoms with van der Waals surface area (Å²) in [7, 11) is 0. The first-order valence-corrected chi connectivity index (χ1v) is 8.33. The Hall–Kier alpha value is -0.830. The van der Waals surface area contributed by atoms with Crippen LogP contribution < -0.4 is 21.2 Å². The monoisotopic (exact) mass is 337 g/mol. The van der Waals surface area contributed by atoms with Crippen molar-refractivity contribution in [2.75, 3.05) is 0 Å². The lowest BCUT2D eigenvalue weighted by Crippen LogP contribution is -3.65.